The number of carbonyl (C=O) groups excluding carboxylic acids is 2. The third kappa shape index (κ3) is 4.99. The molecule has 0 bridgehead atoms. The van der Waals surface area contributed by atoms with Gasteiger partial charge in [-0.05, 0) is 55.5 Å². The lowest BCUT2D eigenvalue weighted by atomic mass is 10.1. The van der Waals surface area contributed by atoms with Crippen LogP contribution in [0.3, 0.4) is 0 Å². The number of phenolic OH excluding ortho intramolecular Hbond substituents is 1. The number of aromatic hydroxyl groups is 1. The molecule has 7 nitrogen and oxygen atoms in total. The van der Waals surface area contributed by atoms with Gasteiger partial charge in [0.1, 0.15) is 11.5 Å². The van der Waals surface area contributed by atoms with Gasteiger partial charge in [-0.1, -0.05) is 0 Å². The van der Waals surface area contributed by atoms with Crippen molar-refractivity contribution in [2.75, 3.05) is 45.2 Å². The van der Waals surface area contributed by atoms with Crippen molar-refractivity contribution in [3.8, 4) is 11.5 Å². The molecule has 0 saturated carbocycles. The highest BCUT2D eigenvalue weighted by atomic mass is 16.5. The second-order valence-corrected chi connectivity index (χ2v) is 7.31. The van der Waals surface area contributed by atoms with Gasteiger partial charge in [0.25, 0.3) is 11.8 Å². The summed E-state index contributed by atoms with van der Waals surface area (Å²) in [6, 6.07) is 13.8. The fraction of sp³-hybridized carbons (Fsp3) is 0.364. The normalized spacial score (nSPS) is 15.0. The Labute approximate surface area is 171 Å². The highest BCUT2D eigenvalue weighted by molar-refractivity contribution is 5.94. The zero-order valence-electron chi connectivity index (χ0n) is 17.0. The van der Waals surface area contributed by atoms with Crippen LogP contribution < -0.4 is 9.64 Å². The minimum atomic E-state index is -0.639. The highest BCUT2D eigenvalue weighted by Gasteiger charge is 2.28. The molecule has 0 radical (unpaired) electrons. The number of benzene rings is 2. The van der Waals surface area contributed by atoms with Crippen LogP contribution in [0.15, 0.2) is 48.5 Å². The maximum Gasteiger partial charge on any atom is 0.263 e. The molecule has 1 heterocycles. The number of nitrogens with zero attached hydrogens (tertiary/aromatic N) is 3. The molecule has 1 N–H and O–H groups in total. The summed E-state index contributed by atoms with van der Waals surface area (Å²) in [7, 11) is 3.92. The number of anilines is 1. The minimum absolute atomic E-state index is 0.0178. The van der Waals surface area contributed by atoms with Crippen LogP contribution in [0, 0.1) is 0 Å². The summed E-state index contributed by atoms with van der Waals surface area (Å²) >= 11 is 0. The predicted octanol–water partition coefficient (Wildman–Crippen LogP) is 2.21. The van der Waals surface area contributed by atoms with Crippen molar-refractivity contribution in [3.63, 3.8) is 0 Å². The van der Waals surface area contributed by atoms with E-state index in [9.17, 15) is 14.7 Å². The van der Waals surface area contributed by atoms with E-state index in [1.165, 1.54) is 12.1 Å². The van der Waals surface area contributed by atoms with E-state index in [0.29, 0.717) is 37.5 Å². The molecular weight excluding hydrogens is 370 g/mol. The van der Waals surface area contributed by atoms with Gasteiger partial charge < -0.3 is 24.5 Å². The molecule has 0 spiro atoms. The third-order valence-corrected chi connectivity index (χ3v) is 5.01. The van der Waals surface area contributed by atoms with Crippen LogP contribution >= 0.6 is 0 Å². The lowest BCUT2D eigenvalue weighted by Gasteiger charge is -2.36. The molecule has 1 aliphatic heterocycles. The van der Waals surface area contributed by atoms with E-state index in [2.05, 4.69) is 0 Å². The molecule has 0 aliphatic carbocycles. The number of amides is 2. The molecular formula is C22H27N3O4. The van der Waals surface area contributed by atoms with Crippen LogP contribution in [-0.2, 0) is 4.79 Å². The Kier molecular flexibility index (Phi) is 6.26. The number of rotatable bonds is 5. The molecule has 1 atom stereocenters. The Morgan fingerprint density at radius 3 is 2.03 bits per heavy atom. The molecule has 2 aromatic carbocycles. The molecule has 1 fully saturated rings. The zero-order valence-corrected chi connectivity index (χ0v) is 17.0. The highest BCUT2D eigenvalue weighted by Crippen LogP contribution is 2.19. The van der Waals surface area contributed by atoms with Gasteiger partial charge in [0.15, 0.2) is 6.10 Å². The molecule has 1 saturated heterocycles. The molecule has 7 heteroatoms. The van der Waals surface area contributed by atoms with Crippen molar-refractivity contribution >= 4 is 17.5 Å². The third-order valence-electron chi connectivity index (χ3n) is 5.01. The molecule has 3 rings (SSSR count). The van der Waals surface area contributed by atoms with E-state index in [1.807, 2.05) is 43.3 Å². The van der Waals surface area contributed by atoms with Gasteiger partial charge in [-0.2, -0.15) is 0 Å². The summed E-state index contributed by atoms with van der Waals surface area (Å²) in [6.45, 7) is 3.64. The Balaban J connectivity index is 1.53. The largest absolute Gasteiger partial charge is 0.508 e. The van der Waals surface area contributed by atoms with Crippen LogP contribution in [0.25, 0.3) is 0 Å². The summed E-state index contributed by atoms with van der Waals surface area (Å²) in [5.74, 6) is 0.545. The first-order chi connectivity index (χ1) is 13.8. The molecule has 154 valence electrons. The molecule has 1 aliphatic rings. The Morgan fingerprint density at radius 1 is 0.931 bits per heavy atom. The van der Waals surface area contributed by atoms with Gasteiger partial charge in [-0.3, -0.25) is 9.59 Å². The maximum absolute atomic E-state index is 12.7. The van der Waals surface area contributed by atoms with Gasteiger partial charge in [0.05, 0.1) is 0 Å². The van der Waals surface area contributed by atoms with Crippen LogP contribution in [0.5, 0.6) is 11.5 Å². The number of carbonyl (C=O) groups is 2. The molecule has 2 amide bonds. The van der Waals surface area contributed by atoms with Crippen molar-refractivity contribution in [1.29, 1.82) is 0 Å². The first-order valence-electron chi connectivity index (χ1n) is 9.66. The van der Waals surface area contributed by atoms with Crippen LogP contribution in [0.2, 0.25) is 0 Å². The minimum Gasteiger partial charge on any atom is -0.508 e. The fourth-order valence-electron chi connectivity index (χ4n) is 3.25. The summed E-state index contributed by atoms with van der Waals surface area (Å²) in [5.41, 5.74) is 1.69. The summed E-state index contributed by atoms with van der Waals surface area (Å²) in [4.78, 5) is 30.9. The van der Waals surface area contributed by atoms with Gasteiger partial charge in [0.2, 0.25) is 0 Å². The Morgan fingerprint density at radius 2 is 1.48 bits per heavy atom. The average Bonchev–Trinajstić information content (AvgIpc) is 2.74. The van der Waals surface area contributed by atoms with E-state index < -0.39 is 6.10 Å². The Hall–Kier alpha value is -3.22. The first-order valence-corrected chi connectivity index (χ1v) is 9.66. The summed E-state index contributed by atoms with van der Waals surface area (Å²) in [6.07, 6.45) is -0.639. The molecule has 0 aromatic heterocycles. The number of hydrogen-bond donors (Lipinski definition) is 1. The fourth-order valence-corrected chi connectivity index (χ4v) is 3.25. The number of phenols is 1. The van der Waals surface area contributed by atoms with E-state index in [-0.39, 0.29) is 17.6 Å². The summed E-state index contributed by atoms with van der Waals surface area (Å²) < 4.78 is 5.67. The van der Waals surface area contributed by atoms with Crippen LogP contribution in [0.4, 0.5) is 5.69 Å². The predicted molar refractivity (Wildman–Crippen MR) is 111 cm³/mol. The maximum atomic E-state index is 12.7. The van der Waals surface area contributed by atoms with Crippen molar-refractivity contribution < 1.29 is 19.4 Å². The van der Waals surface area contributed by atoms with Crippen molar-refractivity contribution in [2.24, 2.45) is 0 Å². The lowest BCUT2D eigenvalue weighted by molar-refractivity contribution is -0.139. The van der Waals surface area contributed by atoms with E-state index in [4.69, 9.17) is 4.74 Å². The van der Waals surface area contributed by atoms with Gasteiger partial charge in [-0.25, -0.2) is 0 Å². The zero-order chi connectivity index (χ0) is 21.0. The van der Waals surface area contributed by atoms with Crippen LogP contribution in [-0.4, -0.2) is 73.1 Å². The number of ether oxygens (including phenoxy) is 1. The van der Waals surface area contributed by atoms with Crippen LogP contribution in [0.1, 0.15) is 17.3 Å². The smallest absolute Gasteiger partial charge is 0.263 e. The molecule has 2 aromatic rings. The topological polar surface area (TPSA) is 73.3 Å². The van der Waals surface area contributed by atoms with Gasteiger partial charge in [-0.15, -0.1) is 0 Å². The van der Waals surface area contributed by atoms with Gasteiger partial charge in [0, 0.05) is 51.5 Å². The number of hydrogen-bond acceptors (Lipinski definition) is 5. The standard InChI is InChI=1S/C22H27N3O4/c1-16(29-20-10-8-19(26)9-11-20)21(27)24-12-14-25(15-13-24)22(28)17-4-6-18(7-5-17)23(2)3/h4-11,16,26H,12-15H2,1-3H3. The SMILES string of the molecule is CC(Oc1ccc(O)cc1)C(=O)N1CCN(C(=O)c2ccc(N(C)C)cc2)CC1. The summed E-state index contributed by atoms with van der Waals surface area (Å²) in [5, 5.41) is 9.33. The second-order valence-electron chi connectivity index (χ2n) is 7.31. The molecule has 1 unspecified atom stereocenters. The monoisotopic (exact) mass is 397 g/mol. The van der Waals surface area contributed by atoms with Crippen molar-refractivity contribution in [3.05, 3.63) is 54.1 Å². The van der Waals surface area contributed by atoms with E-state index in [0.717, 1.165) is 5.69 Å². The second kappa shape index (κ2) is 8.86. The van der Waals surface area contributed by atoms with Crippen molar-refractivity contribution in [1.82, 2.24) is 9.80 Å². The lowest BCUT2D eigenvalue weighted by Crippen LogP contribution is -2.53. The van der Waals surface area contributed by atoms with E-state index in [1.54, 1.807) is 28.9 Å². The quantitative estimate of drug-likeness (QED) is 0.838. The number of piperazine rings is 1. The Bertz CT molecular complexity index is 841. The first kappa shape index (κ1) is 20.5. The molecule has 29 heavy (non-hydrogen) atoms. The average molecular weight is 397 g/mol. The van der Waals surface area contributed by atoms with E-state index >= 15 is 0 Å². The van der Waals surface area contributed by atoms with Gasteiger partial charge >= 0.3 is 0 Å². The van der Waals surface area contributed by atoms with Crippen molar-refractivity contribution in [2.45, 2.75) is 13.0 Å².